The quantitative estimate of drug-likeness (QED) is 0.497. The molecule has 0 bridgehead atoms. The Hall–Kier alpha value is -3.14. The van der Waals surface area contributed by atoms with Crippen LogP contribution in [-0.2, 0) is 21.2 Å². The topological polar surface area (TPSA) is 103 Å². The fourth-order valence-corrected chi connectivity index (χ4v) is 6.31. The van der Waals surface area contributed by atoms with Gasteiger partial charge in [0.05, 0.1) is 23.2 Å². The molecule has 0 N–H and O–H groups in total. The Balaban J connectivity index is 1.48. The van der Waals surface area contributed by atoms with E-state index in [9.17, 15) is 13.2 Å². The van der Waals surface area contributed by atoms with Crippen molar-refractivity contribution in [2.45, 2.75) is 53.6 Å². The Kier molecular flexibility index (Phi) is 6.28. The maximum atomic E-state index is 12.9. The Morgan fingerprint density at radius 1 is 1.21 bits per heavy atom. The van der Waals surface area contributed by atoms with E-state index in [1.54, 1.807) is 18.0 Å². The average Bonchev–Trinajstić information content (AvgIpc) is 3.49. The molecule has 4 rings (SSSR count). The SMILES string of the molecule is Cc1cc(-n2c(C)cc(C=CC(=O)N(C)Cc3c(C)nn(C4CCS(=O)(=O)C4)c3C)c2C)no1. The lowest BCUT2D eigenvalue weighted by Crippen LogP contribution is -2.25. The van der Waals surface area contributed by atoms with Gasteiger partial charge in [0.2, 0.25) is 5.91 Å². The number of sulfone groups is 1. The van der Waals surface area contributed by atoms with E-state index >= 15 is 0 Å². The van der Waals surface area contributed by atoms with Gasteiger partial charge >= 0.3 is 0 Å². The van der Waals surface area contributed by atoms with Gasteiger partial charge in [0.25, 0.3) is 0 Å². The molecule has 3 aromatic heterocycles. The summed E-state index contributed by atoms with van der Waals surface area (Å²) in [6, 6.07) is 3.75. The number of aryl methyl sites for hydroxylation is 3. The molecular formula is C24H31N5O4S. The number of hydrogen-bond donors (Lipinski definition) is 0. The standard InChI is InChI=1S/C24H31N5O4S/c1-15-11-20(18(4)28(15)23-12-16(2)33-26-23)7-8-24(30)27(6)13-22-17(3)25-29(19(22)5)21-9-10-34(31,32)14-21/h7-8,11-12,21H,9-10,13-14H2,1-6H3. The van der Waals surface area contributed by atoms with Crippen molar-refractivity contribution in [3.63, 3.8) is 0 Å². The van der Waals surface area contributed by atoms with E-state index in [1.165, 1.54) is 0 Å². The van der Waals surface area contributed by atoms with Crippen LogP contribution in [0.4, 0.5) is 0 Å². The van der Waals surface area contributed by atoms with E-state index in [1.807, 2.05) is 62.1 Å². The van der Waals surface area contributed by atoms with E-state index in [4.69, 9.17) is 4.52 Å². The monoisotopic (exact) mass is 485 g/mol. The third kappa shape index (κ3) is 4.59. The van der Waals surface area contributed by atoms with Gasteiger partial charge in [-0.1, -0.05) is 5.16 Å². The minimum absolute atomic E-state index is 0.123. The van der Waals surface area contributed by atoms with Gasteiger partial charge in [0.15, 0.2) is 15.7 Å². The predicted molar refractivity (Wildman–Crippen MR) is 130 cm³/mol. The normalized spacial score (nSPS) is 17.6. The number of carbonyl (C=O) groups is 1. The lowest BCUT2D eigenvalue weighted by atomic mass is 10.1. The maximum absolute atomic E-state index is 12.9. The highest BCUT2D eigenvalue weighted by Gasteiger charge is 2.31. The number of carbonyl (C=O) groups excluding carboxylic acids is 1. The van der Waals surface area contributed by atoms with Gasteiger partial charge in [-0.05, 0) is 58.7 Å². The molecule has 34 heavy (non-hydrogen) atoms. The largest absolute Gasteiger partial charge is 0.360 e. The van der Waals surface area contributed by atoms with Gasteiger partial charge < -0.3 is 9.42 Å². The molecule has 0 aromatic carbocycles. The first-order valence-corrected chi connectivity index (χ1v) is 13.1. The Labute approximate surface area is 199 Å². The van der Waals surface area contributed by atoms with E-state index < -0.39 is 9.84 Å². The minimum atomic E-state index is -3.00. The lowest BCUT2D eigenvalue weighted by Gasteiger charge is -2.16. The zero-order valence-electron chi connectivity index (χ0n) is 20.5. The highest BCUT2D eigenvalue weighted by molar-refractivity contribution is 7.91. The van der Waals surface area contributed by atoms with E-state index in [0.29, 0.717) is 18.8 Å². The van der Waals surface area contributed by atoms with Crippen molar-refractivity contribution in [1.82, 2.24) is 24.4 Å². The molecule has 182 valence electrons. The second kappa shape index (κ2) is 8.90. The molecule has 0 spiro atoms. The summed E-state index contributed by atoms with van der Waals surface area (Å²) < 4.78 is 32.8. The molecule has 1 unspecified atom stereocenters. The van der Waals surface area contributed by atoms with Gasteiger partial charge in [0, 0.05) is 48.4 Å². The third-order valence-electron chi connectivity index (χ3n) is 6.52. The van der Waals surface area contributed by atoms with Crippen LogP contribution in [0.5, 0.6) is 0 Å². The lowest BCUT2D eigenvalue weighted by molar-refractivity contribution is -0.125. The summed E-state index contributed by atoms with van der Waals surface area (Å²) in [7, 11) is -1.25. The van der Waals surface area contributed by atoms with Crippen LogP contribution in [-0.4, -0.2) is 57.3 Å². The molecule has 1 fully saturated rings. The maximum Gasteiger partial charge on any atom is 0.246 e. The fraction of sp³-hybridized carbons (Fsp3) is 0.458. The van der Waals surface area contributed by atoms with Crippen molar-refractivity contribution >= 4 is 21.8 Å². The van der Waals surface area contributed by atoms with Gasteiger partial charge in [-0.15, -0.1) is 0 Å². The number of amides is 1. The molecule has 1 amide bonds. The van der Waals surface area contributed by atoms with Crippen molar-refractivity contribution in [3.8, 4) is 5.82 Å². The molecule has 1 saturated heterocycles. The second-order valence-corrected chi connectivity index (χ2v) is 11.4. The molecule has 1 aliphatic rings. The molecule has 0 saturated carbocycles. The number of aromatic nitrogens is 4. The Bertz CT molecular complexity index is 1380. The molecule has 0 radical (unpaired) electrons. The van der Waals surface area contributed by atoms with E-state index in [-0.39, 0.29) is 23.5 Å². The van der Waals surface area contributed by atoms with Crippen molar-refractivity contribution < 1.29 is 17.7 Å². The van der Waals surface area contributed by atoms with E-state index in [2.05, 4.69) is 10.3 Å². The van der Waals surface area contributed by atoms with Crippen LogP contribution in [0.3, 0.4) is 0 Å². The summed E-state index contributed by atoms with van der Waals surface area (Å²) in [5, 5.41) is 8.69. The molecule has 9 nitrogen and oxygen atoms in total. The van der Waals surface area contributed by atoms with Gasteiger partial charge in [-0.3, -0.25) is 14.0 Å². The molecule has 3 aromatic rings. The van der Waals surface area contributed by atoms with Crippen LogP contribution in [0, 0.1) is 34.6 Å². The van der Waals surface area contributed by atoms with Crippen molar-refractivity contribution in [1.29, 1.82) is 0 Å². The van der Waals surface area contributed by atoms with Gasteiger partial charge in [0.1, 0.15) is 5.76 Å². The average molecular weight is 486 g/mol. The summed E-state index contributed by atoms with van der Waals surface area (Å²) in [4.78, 5) is 14.5. The zero-order valence-corrected chi connectivity index (χ0v) is 21.3. The first-order valence-electron chi connectivity index (χ1n) is 11.3. The molecule has 1 aliphatic heterocycles. The van der Waals surface area contributed by atoms with Crippen LogP contribution in [0.25, 0.3) is 11.9 Å². The minimum Gasteiger partial charge on any atom is -0.360 e. The number of likely N-dealkylation sites (N-methyl/N-ethyl adjacent to an activating group) is 1. The summed E-state index contributed by atoms with van der Waals surface area (Å²) in [6.45, 7) is 10.1. The van der Waals surface area contributed by atoms with Gasteiger partial charge in [-0.25, -0.2) is 8.42 Å². The molecule has 4 heterocycles. The highest BCUT2D eigenvalue weighted by atomic mass is 32.2. The summed E-state index contributed by atoms with van der Waals surface area (Å²) >= 11 is 0. The number of hydrogen-bond acceptors (Lipinski definition) is 6. The van der Waals surface area contributed by atoms with Crippen molar-refractivity contribution in [2.24, 2.45) is 0 Å². The van der Waals surface area contributed by atoms with E-state index in [0.717, 1.165) is 39.7 Å². The second-order valence-electron chi connectivity index (χ2n) is 9.14. The summed E-state index contributed by atoms with van der Waals surface area (Å²) in [5.74, 6) is 1.65. The van der Waals surface area contributed by atoms with Crippen molar-refractivity contribution in [3.05, 3.63) is 57.9 Å². The third-order valence-corrected chi connectivity index (χ3v) is 8.27. The Morgan fingerprint density at radius 2 is 1.94 bits per heavy atom. The van der Waals surface area contributed by atoms with Crippen LogP contribution < -0.4 is 0 Å². The van der Waals surface area contributed by atoms with Crippen LogP contribution in [0.1, 0.15) is 52.1 Å². The number of nitrogens with zero attached hydrogens (tertiary/aromatic N) is 5. The summed E-state index contributed by atoms with van der Waals surface area (Å²) in [5.41, 5.74) is 5.58. The fourth-order valence-electron chi connectivity index (χ4n) is 4.62. The Morgan fingerprint density at radius 3 is 2.56 bits per heavy atom. The molecular weight excluding hydrogens is 454 g/mol. The van der Waals surface area contributed by atoms with Crippen LogP contribution in [0.15, 0.2) is 22.7 Å². The molecule has 10 heteroatoms. The summed E-state index contributed by atoms with van der Waals surface area (Å²) in [6.07, 6.45) is 3.96. The zero-order chi connectivity index (χ0) is 24.8. The smallest absolute Gasteiger partial charge is 0.246 e. The van der Waals surface area contributed by atoms with Gasteiger partial charge in [-0.2, -0.15) is 5.10 Å². The first kappa shape index (κ1) is 24.0. The van der Waals surface area contributed by atoms with Crippen molar-refractivity contribution in [2.75, 3.05) is 18.6 Å². The highest BCUT2D eigenvalue weighted by Crippen LogP contribution is 2.27. The van der Waals surface area contributed by atoms with Crippen LogP contribution in [0.2, 0.25) is 0 Å². The predicted octanol–water partition coefficient (Wildman–Crippen LogP) is 3.24. The molecule has 0 aliphatic carbocycles. The molecule has 1 atom stereocenters. The van der Waals surface area contributed by atoms with Crippen LogP contribution >= 0.6 is 0 Å². The number of rotatable bonds is 6. The first-order chi connectivity index (χ1) is 16.0.